The van der Waals surface area contributed by atoms with Crippen LogP contribution < -0.4 is 0 Å². The number of carbonyl (C=O) groups excluding carboxylic acids is 2. The van der Waals surface area contributed by atoms with Crippen LogP contribution in [0.25, 0.3) is 0 Å². The molecule has 2 aliphatic heterocycles. The van der Waals surface area contributed by atoms with Gasteiger partial charge in [0.2, 0.25) is 5.78 Å². The van der Waals surface area contributed by atoms with E-state index in [2.05, 4.69) is 16.7 Å². The highest BCUT2D eigenvalue weighted by Crippen LogP contribution is 2.28. The molecule has 1 aromatic carbocycles. The Morgan fingerprint density at radius 2 is 2.00 bits per heavy atom. The molecule has 3 rings (SSSR count). The summed E-state index contributed by atoms with van der Waals surface area (Å²) in [5.74, 6) is 5.62. The number of carbonyl (C=O) groups is 2. The van der Waals surface area contributed by atoms with Gasteiger partial charge in [-0.1, -0.05) is 23.6 Å². The van der Waals surface area contributed by atoms with Crippen molar-refractivity contribution in [2.45, 2.75) is 51.3 Å². The zero-order valence-corrected chi connectivity index (χ0v) is 16.8. The molecule has 0 spiro atoms. The average Bonchev–Trinajstić information content (AvgIpc) is 3.01. The Morgan fingerprint density at radius 1 is 1.22 bits per heavy atom. The molecule has 2 heterocycles. The van der Waals surface area contributed by atoms with Crippen LogP contribution in [0.1, 0.15) is 39.2 Å². The SMILES string of the molecule is CC(C)(C)OC(=O)N1CCN2[C@@H](CC[C@@H]2C(=O)C#Cc2cccc(Cl)c2)C1. The van der Waals surface area contributed by atoms with E-state index in [1.165, 1.54) is 0 Å². The molecule has 0 aromatic heterocycles. The van der Waals surface area contributed by atoms with Gasteiger partial charge in [-0.2, -0.15) is 0 Å². The van der Waals surface area contributed by atoms with Crippen LogP contribution >= 0.6 is 11.6 Å². The van der Waals surface area contributed by atoms with Crippen molar-refractivity contribution < 1.29 is 14.3 Å². The van der Waals surface area contributed by atoms with Crippen molar-refractivity contribution in [2.75, 3.05) is 19.6 Å². The lowest BCUT2D eigenvalue weighted by atomic mass is 10.1. The molecule has 144 valence electrons. The molecule has 1 aromatic rings. The van der Waals surface area contributed by atoms with Crippen LogP contribution in [0, 0.1) is 11.8 Å². The van der Waals surface area contributed by atoms with Crippen molar-refractivity contribution in [2.24, 2.45) is 0 Å². The van der Waals surface area contributed by atoms with E-state index in [0.29, 0.717) is 24.7 Å². The molecule has 6 heteroatoms. The number of Topliss-reactive ketones (excluding diaryl/α,β-unsaturated/α-hetero) is 1. The molecule has 0 aliphatic carbocycles. The van der Waals surface area contributed by atoms with Crippen molar-refractivity contribution in [1.82, 2.24) is 9.80 Å². The lowest BCUT2D eigenvalue weighted by Crippen LogP contribution is -2.56. The van der Waals surface area contributed by atoms with E-state index in [0.717, 1.165) is 18.4 Å². The first kappa shape index (κ1) is 19.7. The molecule has 27 heavy (non-hydrogen) atoms. The number of hydrogen-bond donors (Lipinski definition) is 0. The van der Waals surface area contributed by atoms with Gasteiger partial charge in [0.1, 0.15) is 5.60 Å². The molecule has 1 amide bonds. The summed E-state index contributed by atoms with van der Waals surface area (Å²) in [7, 11) is 0. The van der Waals surface area contributed by atoms with Crippen molar-refractivity contribution in [3.63, 3.8) is 0 Å². The number of halogens is 1. The van der Waals surface area contributed by atoms with Crippen molar-refractivity contribution in [3.8, 4) is 11.8 Å². The van der Waals surface area contributed by atoms with E-state index < -0.39 is 5.60 Å². The molecule has 5 nitrogen and oxygen atoms in total. The average molecular weight is 389 g/mol. The Hall–Kier alpha value is -2.03. The molecule has 0 bridgehead atoms. The fourth-order valence-corrected chi connectivity index (χ4v) is 3.80. The molecule has 2 aliphatic rings. The van der Waals surface area contributed by atoms with Gasteiger partial charge in [0.15, 0.2) is 0 Å². The summed E-state index contributed by atoms with van der Waals surface area (Å²) < 4.78 is 5.47. The van der Waals surface area contributed by atoms with Crippen LogP contribution in [0.5, 0.6) is 0 Å². The maximum absolute atomic E-state index is 12.6. The van der Waals surface area contributed by atoms with Crippen LogP contribution in [-0.4, -0.2) is 59.0 Å². The summed E-state index contributed by atoms with van der Waals surface area (Å²) in [6, 6.07) is 7.18. The Bertz CT molecular complexity index is 791. The number of ketones is 1. The van der Waals surface area contributed by atoms with Gasteiger partial charge < -0.3 is 9.64 Å². The predicted molar refractivity (Wildman–Crippen MR) is 105 cm³/mol. The second-order valence-electron chi connectivity index (χ2n) is 8.04. The first-order valence-electron chi connectivity index (χ1n) is 9.28. The Balaban J connectivity index is 1.61. The summed E-state index contributed by atoms with van der Waals surface area (Å²) in [6.45, 7) is 7.43. The third-order valence-electron chi connectivity index (χ3n) is 4.81. The Morgan fingerprint density at radius 3 is 2.70 bits per heavy atom. The smallest absolute Gasteiger partial charge is 0.410 e. The van der Waals surface area contributed by atoms with Crippen LogP contribution in [0.2, 0.25) is 5.02 Å². The quantitative estimate of drug-likeness (QED) is 0.692. The lowest BCUT2D eigenvalue weighted by Gasteiger charge is -2.39. The summed E-state index contributed by atoms with van der Waals surface area (Å²) in [5.41, 5.74) is 0.235. The number of fused-ring (bicyclic) bond motifs is 1. The van der Waals surface area contributed by atoms with E-state index in [4.69, 9.17) is 16.3 Å². The van der Waals surface area contributed by atoms with E-state index in [9.17, 15) is 9.59 Å². The topological polar surface area (TPSA) is 49.9 Å². The molecule has 2 atom stereocenters. The zero-order valence-electron chi connectivity index (χ0n) is 16.0. The molecular formula is C21H25ClN2O3. The Labute approximate surface area is 165 Å². The standard InChI is InChI=1S/C21H25ClN2O3/c1-21(2,3)27-20(26)23-11-12-24-17(14-23)8-9-18(24)19(25)10-7-15-5-4-6-16(22)13-15/h4-6,13,17-18H,8-9,11-12,14H2,1-3H3/t17-,18+/m0/s1. The van der Waals surface area contributed by atoms with Crippen molar-refractivity contribution >= 4 is 23.5 Å². The van der Waals surface area contributed by atoms with Gasteiger partial charge in [0, 0.05) is 36.3 Å². The van der Waals surface area contributed by atoms with E-state index in [1.54, 1.807) is 17.0 Å². The van der Waals surface area contributed by atoms with Crippen molar-refractivity contribution in [3.05, 3.63) is 34.9 Å². The number of piperazine rings is 1. The molecular weight excluding hydrogens is 364 g/mol. The second kappa shape index (κ2) is 7.92. The highest BCUT2D eigenvalue weighted by atomic mass is 35.5. The lowest BCUT2D eigenvalue weighted by molar-refractivity contribution is -0.118. The highest BCUT2D eigenvalue weighted by molar-refractivity contribution is 6.30. The van der Waals surface area contributed by atoms with E-state index in [1.807, 2.05) is 32.9 Å². The predicted octanol–water partition coefficient (Wildman–Crippen LogP) is 3.34. The van der Waals surface area contributed by atoms with Crippen LogP contribution in [0.4, 0.5) is 4.79 Å². The second-order valence-corrected chi connectivity index (χ2v) is 8.47. The number of ether oxygens (including phenoxy) is 1. The van der Waals surface area contributed by atoms with Crippen LogP contribution in [0.15, 0.2) is 24.3 Å². The van der Waals surface area contributed by atoms with Gasteiger partial charge in [0.25, 0.3) is 0 Å². The van der Waals surface area contributed by atoms with Gasteiger partial charge in [-0.15, -0.1) is 0 Å². The van der Waals surface area contributed by atoms with E-state index in [-0.39, 0.29) is 24.0 Å². The van der Waals surface area contributed by atoms with Gasteiger partial charge in [0.05, 0.1) is 6.04 Å². The summed E-state index contributed by atoms with van der Waals surface area (Å²) in [5, 5.41) is 0.605. The minimum atomic E-state index is -0.502. The summed E-state index contributed by atoms with van der Waals surface area (Å²) >= 11 is 5.95. The molecule has 0 N–H and O–H groups in total. The summed E-state index contributed by atoms with van der Waals surface area (Å²) in [4.78, 5) is 28.8. The highest BCUT2D eigenvalue weighted by Gasteiger charge is 2.41. The minimum absolute atomic E-state index is 0.0665. The van der Waals surface area contributed by atoms with Gasteiger partial charge in [-0.05, 0) is 57.7 Å². The zero-order chi connectivity index (χ0) is 19.6. The van der Waals surface area contributed by atoms with E-state index >= 15 is 0 Å². The van der Waals surface area contributed by atoms with Gasteiger partial charge in [-0.3, -0.25) is 9.69 Å². The molecule has 0 saturated carbocycles. The first-order chi connectivity index (χ1) is 12.7. The number of amides is 1. The molecule has 0 unspecified atom stereocenters. The summed E-state index contributed by atoms with van der Waals surface area (Å²) in [6.07, 6.45) is 1.38. The third kappa shape index (κ3) is 5.03. The molecule has 2 saturated heterocycles. The number of rotatable bonds is 1. The molecule has 0 radical (unpaired) electrons. The monoisotopic (exact) mass is 388 g/mol. The van der Waals surface area contributed by atoms with Crippen molar-refractivity contribution in [1.29, 1.82) is 0 Å². The maximum atomic E-state index is 12.6. The number of hydrogen-bond acceptors (Lipinski definition) is 4. The fourth-order valence-electron chi connectivity index (χ4n) is 3.61. The normalized spacial score (nSPS) is 22.6. The largest absolute Gasteiger partial charge is 0.444 e. The number of nitrogens with zero attached hydrogens (tertiary/aromatic N) is 2. The Kier molecular flexibility index (Phi) is 5.78. The van der Waals surface area contributed by atoms with Crippen LogP contribution in [0.3, 0.4) is 0 Å². The number of benzene rings is 1. The third-order valence-corrected chi connectivity index (χ3v) is 5.05. The van der Waals surface area contributed by atoms with Gasteiger partial charge >= 0.3 is 6.09 Å². The molecule has 2 fully saturated rings. The van der Waals surface area contributed by atoms with Gasteiger partial charge in [-0.25, -0.2) is 4.79 Å². The van der Waals surface area contributed by atoms with Crippen LogP contribution in [-0.2, 0) is 9.53 Å². The maximum Gasteiger partial charge on any atom is 0.410 e. The first-order valence-corrected chi connectivity index (χ1v) is 9.66. The minimum Gasteiger partial charge on any atom is -0.444 e. The fraction of sp³-hybridized carbons (Fsp3) is 0.524.